The highest BCUT2D eigenvalue weighted by Gasteiger charge is 2.38. The van der Waals surface area contributed by atoms with Crippen molar-refractivity contribution < 1.29 is 9.53 Å². The first kappa shape index (κ1) is 17.4. The summed E-state index contributed by atoms with van der Waals surface area (Å²) in [6.45, 7) is 7.47. The lowest BCUT2D eigenvalue weighted by Gasteiger charge is -2.37. The van der Waals surface area contributed by atoms with Crippen LogP contribution in [0.3, 0.4) is 0 Å². The first-order valence-corrected chi connectivity index (χ1v) is 8.70. The number of tetrazole rings is 1. The molecular formula is C18H25N5O2. The normalized spacial score (nSPS) is 17.8. The van der Waals surface area contributed by atoms with Crippen molar-refractivity contribution in [2.75, 3.05) is 13.7 Å². The minimum Gasteiger partial charge on any atom is -0.494 e. The summed E-state index contributed by atoms with van der Waals surface area (Å²) in [6.07, 6.45) is 4.64. The molecule has 0 spiro atoms. The molecule has 134 valence electrons. The third kappa shape index (κ3) is 3.23. The van der Waals surface area contributed by atoms with Gasteiger partial charge < -0.3 is 9.64 Å². The van der Waals surface area contributed by atoms with Crippen molar-refractivity contribution in [2.24, 2.45) is 5.41 Å². The van der Waals surface area contributed by atoms with E-state index in [1.165, 1.54) is 11.0 Å². The van der Waals surface area contributed by atoms with Crippen LogP contribution in [0.5, 0.6) is 5.75 Å². The summed E-state index contributed by atoms with van der Waals surface area (Å²) in [7, 11) is 1.59. The number of methoxy groups -OCH3 is 1. The molecule has 1 aliphatic heterocycles. The Balaban J connectivity index is 1.94. The highest BCUT2D eigenvalue weighted by atomic mass is 16.5. The Hall–Kier alpha value is -2.44. The number of aromatic nitrogens is 4. The fourth-order valence-electron chi connectivity index (χ4n) is 3.50. The van der Waals surface area contributed by atoms with E-state index < -0.39 is 0 Å². The van der Waals surface area contributed by atoms with Crippen LogP contribution in [-0.2, 0) is 0 Å². The zero-order chi connectivity index (χ0) is 18.0. The van der Waals surface area contributed by atoms with Gasteiger partial charge in [0, 0.05) is 18.2 Å². The molecule has 2 heterocycles. The summed E-state index contributed by atoms with van der Waals surface area (Å²) >= 11 is 0. The molecule has 2 aromatic rings. The summed E-state index contributed by atoms with van der Waals surface area (Å²) in [5.74, 6) is 0.678. The Morgan fingerprint density at radius 1 is 1.40 bits per heavy atom. The molecule has 0 unspecified atom stereocenters. The third-order valence-electron chi connectivity index (χ3n) is 5.35. The van der Waals surface area contributed by atoms with E-state index >= 15 is 0 Å². The summed E-state index contributed by atoms with van der Waals surface area (Å²) in [5, 5.41) is 11.2. The maximum Gasteiger partial charge on any atom is 0.254 e. The average Bonchev–Trinajstić information content (AvgIpc) is 3.32. The van der Waals surface area contributed by atoms with Gasteiger partial charge in [-0.05, 0) is 53.3 Å². The Kier molecular flexibility index (Phi) is 4.74. The second-order valence-corrected chi connectivity index (χ2v) is 7.14. The summed E-state index contributed by atoms with van der Waals surface area (Å²) in [5.41, 5.74) is 1.39. The maximum absolute atomic E-state index is 13.2. The number of carbonyl (C=O) groups excluding carboxylic acids is 1. The molecule has 1 aromatic heterocycles. The largest absolute Gasteiger partial charge is 0.494 e. The van der Waals surface area contributed by atoms with E-state index in [2.05, 4.69) is 36.3 Å². The van der Waals surface area contributed by atoms with Crippen molar-refractivity contribution in [1.29, 1.82) is 0 Å². The fourth-order valence-corrected chi connectivity index (χ4v) is 3.50. The van der Waals surface area contributed by atoms with Gasteiger partial charge in [-0.2, -0.15) is 4.68 Å². The molecule has 0 saturated carbocycles. The Morgan fingerprint density at radius 2 is 2.20 bits per heavy atom. The van der Waals surface area contributed by atoms with E-state index in [9.17, 15) is 4.79 Å². The highest BCUT2D eigenvalue weighted by molar-refractivity contribution is 5.95. The van der Waals surface area contributed by atoms with Gasteiger partial charge in [0.05, 0.1) is 7.11 Å². The molecular weight excluding hydrogens is 318 g/mol. The van der Waals surface area contributed by atoms with Crippen LogP contribution in [0.25, 0.3) is 5.69 Å². The van der Waals surface area contributed by atoms with Gasteiger partial charge in [-0.25, -0.2) is 0 Å². The second kappa shape index (κ2) is 6.82. The van der Waals surface area contributed by atoms with Crippen LogP contribution in [0.4, 0.5) is 0 Å². The Morgan fingerprint density at radius 3 is 2.84 bits per heavy atom. The molecule has 25 heavy (non-hydrogen) atoms. The van der Waals surface area contributed by atoms with Crippen LogP contribution in [0.15, 0.2) is 24.5 Å². The molecule has 7 heteroatoms. The number of ether oxygens (including phenoxy) is 1. The van der Waals surface area contributed by atoms with Gasteiger partial charge in [-0.3, -0.25) is 4.79 Å². The number of nitrogens with zero attached hydrogens (tertiary/aromatic N) is 5. The van der Waals surface area contributed by atoms with Crippen LogP contribution in [0.2, 0.25) is 0 Å². The summed E-state index contributed by atoms with van der Waals surface area (Å²) < 4.78 is 6.89. The molecule has 7 nitrogen and oxygen atoms in total. The highest BCUT2D eigenvalue weighted by Crippen LogP contribution is 2.37. The molecule has 0 radical (unpaired) electrons. The van der Waals surface area contributed by atoms with Gasteiger partial charge in [0.1, 0.15) is 17.8 Å². The van der Waals surface area contributed by atoms with Gasteiger partial charge in [-0.1, -0.05) is 20.8 Å². The molecule has 0 bridgehead atoms. The number of benzene rings is 1. The van der Waals surface area contributed by atoms with Crippen LogP contribution in [-0.4, -0.2) is 50.7 Å². The lowest BCUT2D eigenvalue weighted by Crippen LogP contribution is -2.44. The third-order valence-corrected chi connectivity index (χ3v) is 5.35. The van der Waals surface area contributed by atoms with E-state index in [0.717, 1.165) is 25.8 Å². The van der Waals surface area contributed by atoms with Gasteiger partial charge in [0.15, 0.2) is 0 Å². The minimum absolute atomic E-state index is 0.0565. The molecule has 1 aromatic carbocycles. The molecule has 1 atom stereocenters. The zero-order valence-corrected chi connectivity index (χ0v) is 15.3. The van der Waals surface area contributed by atoms with Crippen molar-refractivity contribution in [3.8, 4) is 11.4 Å². The van der Waals surface area contributed by atoms with E-state index in [1.54, 1.807) is 19.2 Å². The van der Waals surface area contributed by atoms with Crippen molar-refractivity contribution >= 4 is 5.91 Å². The first-order chi connectivity index (χ1) is 12.0. The van der Waals surface area contributed by atoms with Gasteiger partial charge in [0.2, 0.25) is 0 Å². The second-order valence-electron chi connectivity index (χ2n) is 7.14. The minimum atomic E-state index is 0.0565. The van der Waals surface area contributed by atoms with Gasteiger partial charge >= 0.3 is 0 Å². The zero-order valence-electron chi connectivity index (χ0n) is 15.3. The lowest BCUT2D eigenvalue weighted by atomic mass is 9.80. The molecule has 1 saturated heterocycles. The van der Waals surface area contributed by atoms with Crippen molar-refractivity contribution in [2.45, 2.75) is 46.1 Å². The number of likely N-dealkylation sites (tertiary alicyclic amines) is 1. The fraction of sp³-hybridized carbons (Fsp3) is 0.556. The Bertz CT molecular complexity index is 742. The van der Waals surface area contributed by atoms with E-state index in [1.807, 2.05) is 11.0 Å². The molecule has 0 aliphatic carbocycles. The summed E-state index contributed by atoms with van der Waals surface area (Å²) in [4.78, 5) is 15.2. The van der Waals surface area contributed by atoms with E-state index in [-0.39, 0.29) is 17.4 Å². The molecule has 0 N–H and O–H groups in total. The monoisotopic (exact) mass is 343 g/mol. The molecule has 1 amide bonds. The number of carbonyl (C=O) groups is 1. The molecule has 1 aliphatic rings. The standard InChI is InChI=1S/C18H25N5O2/c1-5-18(2,3)16-7-6-10-22(16)17(24)13-8-9-15(25-4)14(11-13)23-12-19-20-21-23/h8-9,11-12,16H,5-7,10H2,1-4H3/t16-/m1/s1. The Labute approximate surface area is 148 Å². The van der Waals surface area contributed by atoms with Crippen molar-refractivity contribution in [3.63, 3.8) is 0 Å². The summed E-state index contributed by atoms with van der Waals surface area (Å²) in [6, 6.07) is 5.67. The molecule has 1 fully saturated rings. The maximum atomic E-state index is 13.2. The van der Waals surface area contributed by atoms with Crippen molar-refractivity contribution in [3.05, 3.63) is 30.1 Å². The molecule has 3 rings (SSSR count). The lowest BCUT2D eigenvalue weighted by molar-refractivity contribution is 0.0595. The van der Waals surface area contributed by atoms with Crippen molar-refractivity contribution in [1.82, 2.24) is 25.1 Å². The van der Waals surface area contributed by atoms with Crippen LogP contribution < -0.4 is 4.74 Å². The van der Waals surface area contributed by atoms with E-state index in [0.29, 0.717) is 17.0 Å². The van der Waals surface area contributed by atoms with E-state index in [4.69, 9.17) is 4.74 Å². The number of amides is 1. The number of rotatable bonds is 5. The van der Waals surface area contributed by atoms with Crippen LogP contribution in [0, 0.1) is 5.41 Å². The predicted octanol–water partition coefficient (Wildman–Crippen LogP) is 2.71. The van der Waals surface area contributed by atoms with Crippen LogP contribution in [0.1, 0.15) is 50.4 Å². The van der Waals surface area contributed by atoms with Gasteiger partial charge in [-0.15, -0.1) is 5.10 Å². The topological polar surface area (TPSA) is 73.1 Å². The number of hydrogen-bond donors (Lipinski definition) is 0. The average molecular weight is 343 g/mol. The van der Waals surface area contributed by atoms with Gasteiger partial charge in [0.25, 0.3) is 5.91 Å². The first-order valence-electron chi connectivity index (χ1n) is 8.70. The SMILES string of the molecule is CCC(C)(C)[C@H]1CCCN1C(=O)c1ccc(OC)c(-n2cnnn2)c1. The van der Waals surface area contributed by atoms with Crippen LogP contribution >= 0.6 is 0 Å². The number of hydrogen-bond acceptors (Lipinski definition) is 5. The quantitative estimate of drug-likeness (QED) is 0.834. The smallest absolute Gasteiger partial charge is 0.254 e. The predicted molar refractivity (Wildman–Crippen MR) is 93.8 cm³/mol.